The molecule has 2 aromatic carbocycles. The summed E-state index contributed by atoms with van der Waals surface area (Å²) >= 11 is 0. The summed E-state index contributed by atoms with van der Waals surface area (Å²) < 4.78 is 1.40. The Balaban J connectivity index is 1.46. The third kappa shape index (κ3) is 3.36. The Bertz CT molecular complexity index is 1330. The second-order valence-electron chi connectivity index (χ2n) is 8.13. The van der Waals surface area contributed by atoms with E-state index in [9.17, 15) is 9.59 Å². The zero-order chi connectivity index (χ0) is 22.2. The summed E-state index contributed by atoms with van der Waals surface area (Å²) in [5.41, 5.74) is 4.62. The first-order chi connectivity index (χ1) is 15.5. The quantitative estimate of drug-likeness (QED) is 0.545. The number of nitrogens with zero attached hydrogens (tertiary/aromatic N) is 4. The molecule has 0 aliphatic carbocycles. The number of piperazine rings is 1. The van der Waals surface area contributed by atoms with Gasteiger partial charge in [-0.15, -0.1) is 0 Å². The van der Waals surface area contributed by atoms with E-state index in [1.54, 1.807) is 11.8 Å². The molecule has 32 heavy (non-hydrogen) atoms. The summed E-state index contributed by atoms with van der Waals surface area (Å²) in [7, 11) is 0. The molecule has 162 valence electrons. The van der Waals surface area contributed by atoms with Crippen LogP contribution in [0.2, 0.25) is 0 Å². The van der Waals surface area contributed by atoms with E-state index in [1.165, 1.54) is 4.52 Å². The molecule has 1 aliphatic heterocycles. The van der Waals surface area contributed by atoms with Crippen LogP contribution in [0.1, 0.15) is 21.7 Å². The van der Waals surface area contributed by atoms with Crippen LogP contribution in [0, 0.1) is 13.8 Å². The van der Waals surface area contributed by atoms with Gasteiger partial charge in [0.1, 0.15) is 5.56 Å². The minimum atomic E-state index is -0.353. The standard InChI is InChI=1S/C25H25N5O2/c1-17-22(24(31)29-15-13-28(14-16-29)20-11-7-4-8-12-20)25(32)30-23(26-17)21(18(2)27-30)19-9-5-3-6-10-19/h3-12,27H,13-16H2,1-2H3. The van der Waals surface area contributed by atoms with Gasteiger partial charge in [-0.2, -0.15) is 0 Å². The summed E-state index contributed by atoms with van der Waals surface area (Å²) in [6.45, 7) is 6.24. The van der Waals surface area contributed by atoms with Gasteiger partial charge < -0.3 is 9.80 Å². The molecular formula is C25H25N5O2. The molecule has 7 heteroatoms. The molecule has 4 aromatic rings. The van der Waals surface area contributed by atoms with E-state index in [0.717, 1.165) is 35.6 Å². The Hall–Kier alpha value is -3.87. The van der Waals surface area contributed by atoms with Crippen molar-refractivity contribution in [2.24, 2.45) is 0 Å². The zero-order valence-corrected chi connectivity index (χ0v) is 18.2. The number of benzene rings is 2. The topological polar surface area (TPSA) is 73.7 Å². The Morgan fingerprint density at radius 1 is 0.906 bits per heavy atom. The fourth-order valence-corrected chi connectivity index (χ4v) is 4.45. The van der Waals surface area contributed by atoms with Crippen molar-refractivity contribution >= 4 is 17.2 Å². The van der Waals surface area contributed by atoms with Crippen LogP contribution in [0.4, 0.5) is 5.69 Å². The van der Waals surface area contributed by atoms with Gasteiger partial charge in [-0.05, 0) is 31.5 Å². The van der Waals surface area contributed by atoms with E-state index >= 15 is 0 Å². The highest BCUT2D eigenvalue weighted by Gasteiger charge is 2.28. The van der Waals surface area contributed by atoms with Gasteiger partial charge >= 0.3 is 0 Å². The highest BCUT2D eigenvalue weighted by Crippen LogP contribution is 2.26. The van der Waals surface area contributed by atoms with Gasteiger partial charge in [-0.3, -0.25) is 14.7 Å². The number of rotatable bonds is 3. The number of amides is 1. The largest absolute Gasteiger partial charge is 0.368 e. The lowest BCUT2D eigenvalue weighted by Gasteiger charge is -2.36. The molecule has 2 aromatic heterocycles. The van der Waals surface area contributed by atoms with Crippen LogP contribution in [0.5, 0.6) is 0 Å². The van der Waals surface area contributed by atoms with E-state index in [-0.39, 0.29) is 17.0 Å². The fourth-order valence-electron chi connectivity index (χ4n) is 4.45. The second kappa shape index (κ2) is 8.00. The molecule has 5 rings (SSSR count). The maximum Gasteiger partial charge on any atom is 0.285 e. The van der Waals surface area contributed by atoms with Gasteiger partial charge in [0, 0.05) is 43.1 Å². The Morgan fingerprint density at radius 2 is 1.53 bits per heavy atom. The average molecular weight is 428 g/mol. The molecule has 0 bridgehead atoms. The number of nitrogens with one attached hydrogen (secondary N) is 1. The zero-order valence-electron chi connectivity index (χ0n) is 18.2. The number of aromatic amines is 1. The Morgan fingerprint density at radius 3 is 2.19 bits per heavy atom. The first kappa shape index (κ1) is 20.1. The van der Waals surface area contributed by atoms with Crippen LogP contribution in [0.3, 0.4) is 0 Å². The minimum Gasteiger partial charge on any atom is -0.368 e. The molecule has 0 spiro atoms. The first-order valence-corrected chi connectivity index (χ1v) is 10.8. The summed E-state index contributed by atoms with van der Waals surface area (Å²) in [6.07, 6.45) is 0. The third-order valence-electron chi connectivity index (χ3n) is 6.11. The predicted octanol–water partition coefficient (Wildman–Crippen LogP) is 3.27. The number of carbonyl (C=O) groups is 1. The third-order valence-corrected chi connectivity index (χ3v) is 6.11. The van der Waals surface area contributed by atoms with Gasteiger partial charge in [0.2, 0.25) is 0 Å². The highest BCUT2D eigenvalue weighted by atomic mass is 16.2. The van der Waals surface area contributed by atoms with Gasteiger partial charge in [0.25, 0.3) is 11.5 Å². The Kier molecular flexibility index (Phi) is 5.01. The molecule has 0 unspecified atom stereocenters. The molecule has 0 saturated carbocycles. The molecule has 1 fully saturated rings. The lowest BCUT2D eigenvalue weighted by atomic mass is 10.1. The molecule has 3 heterocycles. The van der Waals surface area contributed by atoms with Crippen molar-refractivity contribution < 1.29 is 4.79 Å². The number of aryl methyl sites for hydroxylation is 2. The van der Waals surface area contributed by atoms with Crippen LogP contribution in [-0.2, 0) is 0 Å². The summed E-state index contributed by atoms with van der Waals surface area (Å²) in [5.74, 6) is -0.254. The summed E-state index contributed by atoms with van der Waals surface area (Å²) in [6, 6.07) is 20.0. The van der Waals surface area contributed by atoms with Crippen LogP contribution >= 0.6 is 0 Å². The van der Waals surface area contributed by atoms with Crippen molar-refractivity contribution in [2.75, 3.05) is 31.1 Å². The van der Waals surface area contributed by atoms with E-state index < -0.39 is 0 Å². The molecule has 1 N–H and O–H groups in total. The number of para-hydroxylation sites is 1. The summed E-state index contributed by atoms with van der Waals surface area (Å²) in [5, 5.41) is 3.11. The molecule has 1 aliphatic rings. The van der Waals surface area contributed by atoms with Crippen molar-refractivity contribution in [1.29, 1.82) is 0 Å². The Labute approximate surface area is 185 Å². The van der Waals surface area contributed by atoms with E-state index in [0.29, 0.717) is 24.4 Å². The van der Waals surface area contributed by atoms with Crippen molar-refractivity contribution in [1.82, 2.24) is 19.5 Å². The second-order valence-corrected chi connectivity index (χ2v) is 8.13. The lowest BCUT2D eigenvalue weighted by molar-refractivity contribution is 0.0743. The number of hydrogen-bond acceptors (Lipinski definition) is 4. The van der Waals surface area contributed by atoms with Crippen LogP contribution in [-0.4, -0.2) is 51.6 Å². The van der Waals surface area contributed by atoms with Crippen molar-refractivity contribution in [3.05, 3.63) is 88.0 Å². The van der Waals surface area contributed by atoms with Crippen LogP contribution < -0.4 is 10.5 Å². The fraction of sp³-hybridized carbons (Fsp3) is 0.240. The van der Waals surface area contributed by atoms with Gasteiger partial charge in [0.05, 0.1) is 5.69 Å². The predicted molar refractivity (Wildman–Crippen MR) is 125 cm³/mol. The van der Waals surface area contributed by atoms with E-state index in [1.807, 2.05) is 55.5 Å². The normalized spacial score (nSPS) is 14.2. The SMILES string of the molecule is Cc1nc2c(-c3ccccc3)c(C)[nH]n2c(=O)c1C(=O)N1CCN(c2ccccc2)CC1. The van der Waals surface area contributed by atoms with Crippen LogP contribution in [0.25, 0.3) is 16.8 Å². The number of aromatic nitrogens is 3. The number of anilines is 1. The first-order valence-electron chi connectivity index (χ1n) is 10.8. The monoisotopic (exact) mass is 427 g/mol. The van der Waals surface area contributed by atoms with E-state index in [2.05, 4.69) is 27.1 Å². The highest BCUT2D eigenvalue weighted by molar-refractivity contribution is 5.95. The van der Waals surface area contributed by atoms with Crippen molar-refractivity contribution in [2.45, 2.75) is 13.8 Å². The molecule has 0 radical (unpaired) electrons. The maximum absolute atomic E-state index is 13.3. The van der Waals surface area contributed by atoms with Gasteiger partial charge in [-0.25, -0.2) is 9.50 Å². The van der Waals surface area contributed by atoms with Crippen LogP contribution in [0.15, 0.2) is 65.5 Å². The average Bonchev–Trinajstić information content (AvgIpc) is 3.16. The van der Waals surface area contributed by atoms with E-state index in [4.69, 9.17) is 0 Å². The number of fused-ring (bicyclic) bond motifs is 1. The molecule has 0 atom stereocenters. The van der Waals surface area contributed by atoms with Crippen molar-refractivity contribution in [3.63, 3.8) is 0 Å². The number of hydrogen-bond donors (Lipinski definition) is 1. The molecule has 1 amide bonds. The van der Waals surface area contributed by atoms with Gasteiger partial charge in [-0.1, -0.05) is 48.5 Å². The van der Waals surface area contributed by atoms with Gasteiger partial charge in [0.15, 0.2) is 5.65 Å². The summed E-state index contributed by atoms with van der Waals surface area (Å²) in [4.78, 5) is 35.4. The smallest absolute Gasteiger partial charge is 0.285 e. The minimum absolute atomic E-state index is 0.136. The number of carbonyl (C=O) groups excluding carboxylic acids is 1. The molecular weight excluding hydrogens is 402 g/mol. The molecule has 1 saturated heterocycles. The molecule has 7 nitrogen and oxygen atoms in total. The lowest BCUT2D eigenvalue weighted by Crippen LogP contribution is -2.50. The maximum atomic E-state index is 13.3. The van der Waals surface area contributed by atoms with Crippen molar-refractivity contribution in [3.8, 4) is 11.1 Å². The number of H-pyrrole nitrogens is 1.